The highest BCUT2D eigenvalue weighted by Crippen LogP contribution is 2.16. The van der Waals surface area contributed by atoms with Crippen LogP contribution in [-0.2, 0) is 17.6 Å². The molecule has 22 heavy (non-hydrogen) atoms. The number of morpholine rings is 1. The molecule has 0 bridgehead atoms. The summed E-state index contributed by atoms with van der Waals surface area (Å²) in [5, 5.41) is 0. The molecule has 0 aromatic heterocycles. The molecule has 0 radical (unpaired) electrons. The lowest BCUT2D eigenvalue weighted by Gasteiger charge is -2.36. The van der Waals surface area contributed by atoms with E-state index in [9.17, 15) is 0 Å². The highest BCUT2D eigenvalue weighted by molar-refractivity contribution is 5.23. The van der Waals surface area contributed by atoms with E-state index < -0.39 is 0 Å². The van der Waals surface area contributed by atoms with Crippen LogP contribution < -0.4 is 0 Å². The molecule has 3 unspecified atom stereocenters. The fraction of sp³-hybridized carbons (Fsp3) is 0.700. The van der Waals surface area contributed by atoms with Crippen molar-refractivity contribution >= 4 is 0 Å². The average Bonchev–Trinajstić information content (AvgIpc) is 2.39. The first kappa shape index (κ1) is 17.5. The van der Waals surface area contributed by atoms with E-state index in [2.05, 4.69) is 63.8 Å². The van der Waals surface area contributed by atoms with E-state index >= 15 is 0 Å². The van der Waals surface area contributed by atoms with Crippen molar-refractivity contribution in [2.24, 2.45) is 11.8 Å². The van der Waals surface area contributed by atoms with Gasteiger partial charge in [-0.1, -0.05) is 45.0 Å². The zero-order valence-electron chi connectivity index (χ0n) is 15.0. The second-order valence-electron chi connectivity index (χ2n) is 7.70. The third-order valence-corrected chi connectivity index (χ3v) is 4.32. The largest absolute Gasteiger partial charge is 0.373 e. The molecular weight excluding hydrogens is 270 g/mol. The van der Waals surface area contributed by atoms with E-state index in [0.717, 1.165) is 19.0 Å². The van der Waals surface area contributed by atoms with Crippen molar-refractivity contribution in [3.63, 3.8) is 0 Å². The topological polar surface area (TPSA) is 12.5 Å². The molecule has 124 valence electrons. The number of nitrogens with zero attached hydrogens (tertiary/aromatic N) is 1. The van der Waals surface area contributed by atoms with Crippen LogP contribution in [0.15, 0.2) is 24.3 Å². The molecule has 1 heterocycles. The van der Waals surface area contributed by atoms with Crippen molar-refractivity contribution in [2.75, 3.05) is 19.6 Å². The van der Waals surface area contributed by atoms with Gasteiger partial charge in [-0.05, 0) is 49.7 Å². The maximum Gasteiger partial charge on any atom is 0.0678 e. The lowest BCUT2D eigenvalue weighted by Crippen LogP contribution is -2.47. The summed E-state index contributed by atoms with van der Waals surface area (Å²) in [6.45, 7) is 14.6. The van der Waals surface area contributed by atoms with Crippen LogP contribution in [-0.4, -0.2) is 36.7 Å². The summed E-state index contributed by atoms with van der Waals surface area (Å²) < 4.78 is 5.82. The van der Waals surface area contributed by atoms with E-state index in [-0.39, 0.29) is 0 Å². The molecule has 0 amide bonds. The molecule has 0 aliphatic carbocycles. The molecule has 2 nitrogen and oxygen atoms in total. The predicted octanol–water partition coefficient (Wildman–Crippen LogP) is 4.17. The van der Waals surface area contributed by atoms with Gasteiger partial charge in [0, 0.05) is 19.6 Å². The Labute approximate surface area is 136 Å². The SMILES string of the molecule is CC(C)Cc1ccc(CC(C)CN2CC(C)OC(C)C2)cc1. The summed E-state index contributed by atoms with van der Waals surface area (Å²) in [4.78, 5) is 2.57. The zero-order valence-corrected chi connectivity index (χ0v) is 15.0. The fourth-order valence-corrected chi connectivity index (χ4v) is 3.62. The van der Waals surface area contributed by atoms with Crippen molar-refractivity contribution in [3.8, 4) is 0 Å². The monoisotopic (exact) mass is 303 g/mol. The third-order valence-electron chi connectivity index (χ3n) is 4.32. The Kier molecular flexibility index (Phi) is 6.46. The Balaban J connectivity index is 1.82. The summed E-state index contributed by atoms with van der Waals surface area (Å²) in [7, 11) is 0. The van der Waals surface area contributed by atoms with Gasteiger partial charge in [-0.3, -0.25) is 4.90 Å². The molecule has 1 aromatic carbocycles. The summed E-state index contributed by atoms with van der Waals surface area (Å²) in [6, 6.07) is 9.25. The van der Waals surface area contributed by atoms with Gasteiger partial charge in [0.25, 0.3) is 0 Å². The fourth-order valence-electron chi connectivity index (χ4n) is 3.62. The number of hydrogen-bond acceptors (Lipinski definition) is 2. The van der Waals surface area contributed by atoms with Gasteiger partial charge in [0.1, 0.15) is 0 Å². The van der Waals surface area contributed by atoms with Crippen molar-refractivity contribution in [2.45, 2.75) is 59.7 Å². The lowest BCUT2D eigenvalue weighted by atomic mass is 9.97. The van der Waals surface area contributed by atoms with Gasteiger partial charge in [0.15, 0.2) is 0 Å². The molecule has 0 N–H and O–H groups in total. The Morgan fingerprint density at radius 3 is 1.95 bits per heavy atom. The van der Waals surface area contributed by atoms with Crippen molar-refractivity contribution in [1.82, 2.24) is 4.90 Å². The van der Waals surface area contributed by atoms with Crippen LogP contribution in [0.3, 0.4) is 0 Å². The van der Waals surface area contributed by atoms with E-state index in [1.54, 1.807) is 0 Å². The van der Waals surface area contributed by atoms with Gasteiger partial charge < -0.3 is 4.74 Å². The molecule has 1 aliphatic rings. The normalized spacial score (nSPS) is 24.6. The third kappa shape index (κ3) is 5.73. The molecular formula is C20H33NO. The number of ether oxygens (including phenoxy) is 1. The molecule has 2 rings (SSSR count). The summed E-state index contributed by atoms with van der Waals surface area (Å²) >= 11 is 0. The molecule has 1 fully saturated rings. The maximum absolute atomic E-state index is 5.82. The maximum atomic E-state index is 5.82. The quantitative estimate of drug-likeness (QED) is 0.782. The highest BCUT2D eigenvalue weighted by atomic mass is 16.5. The first-order chi connectivity index (χ1) is 10.4. The van der Waals surface area contributed by atoms with Crippen molar-refractivity contribution < 1.29 is 4.74 Å². The Bertz CT molecular complexity index is 430. The van der Waals surface area contributed by atoms with Gasteiger partial charge in [-0.2, -0.15) is 0 Å². The number of benzene rings is 1. The molecule has 1 aliphatic heterocycles. The van der Waals surface area contributed by atoms with E-state index in [4.69, 9.17) is 4.74 Å². The first-order valence-electron chi connectivity index (χ1n) is 8.88. The lowest BCUT2D eigenvalue weighted by molar-refractivity contribution is -0.0708. The second-order valence-corrected chi connectivity index (χ2v) is 7.70. The molecule has 1 aromatic rings. The van der Waals surface area contributed by atoms with Crippen LogP contribution in [0.2, 0.25) is 0 Å². The summed E-state index contributed by atoms with van der Waals surface area (Å²) in [5.41, 5.74) is 2.93. The molecule has 0 spiro atoms. The van der Waals surface area contributed by atoms with Crippen LogP contribution in [0.4, 0.5) is 0 Å². The Hall–Kier alpha value is -0.860. The summed E-state index contributed by atoms with van der Waals surface area (Å²) in [5.74, 6) is 1.42. The minimum Gasteiger partial charge on any atom is -0.373 e. The smallest absolute Gasteiger partial charge is 0.0678 e. The van der Waals surface area contributed by atoms with Crippen LogP contribution in [0.1, 0.15) is 45.7 Å². The van der Waals surface area contributed by atoms with Crippen LogP contribution >= 0.6 is 0 Å². The van der Waals surface area contributed by atoms with E-state index in [1.165, 1.54) is 30.5 Å². The van der Waals surface area contributed by atoms with Crippen molar-refractivity contribution in [3.05, 3.63) is 35.4 Å². The van der Waals surface area contributed by atoms with Gasteiger partial charge >= 0.3 is 0 Å². The van der Waals surface area contributed by atoms with Crippen molar-refractivity contribution in [1.29, 1.82) is 0 Å². The summed E-state index contributed by atoms with van der Waals surface area (Å²) in [6.07, 6.45) is 3.08. The van der Waals surface area contributed by atoms with Crippen LogP contribution in [0, 0.1) is 11.8 Å². The van der Waals surface area contributed by atoms with E-state index in [0.29, 0.717) is 18.1 Å². The Morgan fingerprint density at radius 1 is 0.955 bits per heavy atom. The Morgan fingerprint density at radius 2 is 1.45 bits per heavy atom. The predicted molar refractivity (Wildman–Crippen MR) is 94.3 cm³/mol. The second kappa shape index (κ2) is 8.12. The van der Waals surface area contributed by atoms with Crippen LogP contribution in [0.25, 0.3) is 0 Å². The minimum atomic E-state index is 0.367. The van der Waals surface area contributed by atoms with Gasteiger partial charge in [0.2, 0.25) is 0 Å². The molecule has 3 atom stereocenters. The van der Waals surface area contributed by atoms with Gasteiger partial charge in [0.05, 0.1) is 12.2 Å². The number of rotatable bonds is 6. The first-order valence-corrected chi connectivity index (χ1v) is 8.88. The van der Waals surface area contributed by atoms with Gasteiger partial charge in [-0.15, -0.1) is 0 Å². The minimum absolute atomic E-state index is 0.367. The van der Waals surface area contributed by atoms with E-state index in [1.807, 2.05) is 0 Å². The molecule has 2 heteroatoms. The average molecular weight is 303 g/mol. The molecule has 1 saturated heterocycles. The highest BCUT2D eigenvalue weighted by Gasteiger charge is 2.23. The molecule has 0 saturated carbocycles. The van der Waals surface area contributed by atoms with Gasteiger partial charge in [-0.25, -0.2) is 0 Å². The number of hydrogen-bond donors (Lipinski definition) is 0. The zero-order chi connectivity index (χ0) is 16.1. The van der Waals surface area contributed by atoms with Crippen LogP contribution in [0.5, 0.6) is 0 Å². The standard InChI is InChI=1S/C20H33NO/c1-15(2)10-19-6-8-20(9-7-19)11-16(3)12-21-13-17(4)22-18(5)14-21/h6-9,15-18H,10-14H2,1-5H3.